The van der Waals surface area contributed by atoms with Gasteiger partial charge in [0.25, 0.3) is 0 Å². The zero-order chi connectivity index (χ0) is 9.61. The normalized spacial score (nSPS) is 16.5. The Morgan fingerprint density at radius 1 is 1.33 bits per heavy atom. The van der Waals surface area contributed by atoms with Crippen molar-refractivity contribution < 1.29 is 4.74 Å². The van der Waals surface area contributed by atoms with E-state index in [-0.39, 0.29) is 5.85 Å². The zero-order valence-corrected chi connectivity index (χ0v) is 8.98. The standard InChI is InChI=1S/C9H22N2O/c1-6-8-9(10-3,11(4)5)12-7-2/h10H,6-8H2,1-5H3. The maximum atomic E-state index is 5.70. The van der Waals surface area contributed by atoms with Gasteiger partial charge in [0.1, 0.15) is 0 Å². The first-order valence-corrected chi connectivity index (χ1v) is 4.63. The lowest BCUT2D eigenvalue weighted by atomic mass is 10.2. The topological polar surface area (TPSA) is 24.5 Å². The summed E-state index contributed by atoms with van der Waals surface area (Å²) < 4.78 is 5.70. The van der Waals surface area contributed by atoms with Gasteiger partial charge in [-0.25, -0.2) is 0 Å². The Morgan fingerprint density at radius 3 is 2.17 bits per heavy atom. The molecule has 0 aliphatic heterocycles. The number of ether oxygens (including phenoxy) is 1. The minimum atomic E-state index is -0.274. The minimum absolute atomic E-state index is 0.274. The quantitative estimate of drug-likeness (QED) is 0.613. The molecule has 3 heteroatoms. The van der Waals surface area contributed by atoms with E-state index in [1.54, 1.807) is 0 Å². The SMILES string of the molecule is CCCC(NC)(OCC)N(C)C. The van der Waals surface area contributed by atoms with Crippen LogP contribution in [-0.4, -0.2) is 38.5 Å². The number of hydrogen-bond donors (Lipinski definition) is 1. The fourth-order valence-corrected chi connectivity index (χ4v) is 1.42. The molecule has 0 fully saturated rings. The molecule has 1 N–H and O–H groups in total. The van der Waals surface area contributed by atoms with Crippen molar-refractivity contribution in [2.75, 3.05) is 27.7 Å². The van der Waals surface area contributed by atoms with Crippen LogP contribution < -0.4 is 5.32 Å². The van der Waals surface area contributed by atoms with E-state index in [2.05, 4.69) is 17.1 Å². The fourth-order valence-electron chi connectivity index (χ4n) is 1.42. The zero-order valence-electron chi connectivity index (χ0n) is 8.98. The number of nitrogens with zero attached hydrogens (tertiary/aromatic N) is 1. The van der Waals surface area contributed by atoms with E-state index in [1.165, 1.54) is 0 Å². The maximum Gasteiger partial charge on any atom is 0.176 e. The molecule has 1 unspecified atom stereocenters. The molecular formula is C9H22N2O. The number of rotatable bonds is 6. The van der Waals surface area contributed by atoms with Crippen LogP contribution in [0.3, 0.4) is 0 Å². The van der Waals surface area contributed by atoms with E-state index in [4.69, 9.17) is 4.74 Å². The van der Waals surface area contributed by atoms with Crippen LogP contribution in [0.4, 0.5) is 0 Å². The van der Waals surface area contributed by atoms with Crippen LogP contribution in [0.1, 0.15) is 26.7 Å². The van der Waals surface area contributed by atoms with Gasteiger partial charge in [0.2, 0.25) is 0 Å². The van der Waals surface area contributed by atoms with Crippen molar-refractivity contribution >= 4 is 0 Å². The van der Waals surface area contributed by atoms with Crippen LogP contribution in [-0.2, 0) is 4.74 Å². The van der Waals surface area contributed by atoms with Gasteiger partial charge in [0.15, 0.2) is 5.85 Å². The summed E-state index contributed by atoms with van der Waals surface area (Å²) in [6, 6.07) is 0. The molecule has 12 heavy (non-hydrogen) atoms. The van der Waals surface area contributed by atoms with Crippen LogP contribution in [0.25, 0.3) is 0 Å². The minimum Gasteiger partial charge on any atom is -0.347 e. The Morgan fingerprint density at radius 2 is 1.92 bits per heavy atom. The van der Waals surface area contributed by atoms with Crippen LogP contribution in [0.5, 0.6) is 0 Å². The third kappa shape index (κ3) is 2.73. The van der Waals surface area contributed by atoms with Crippen molar-refractivity contribution in [1.29, 1.82) is 0 Å². The molecule has 74 valence electrons. The monoisotopic (exact) mass is 174 g/mol. The molecule has 0 aliphatic rings. The lowest BCUT2D eigenvalue weighted by Gasteiger charge is -2.39. The lowest BCUT2D eigenvalue weighted by Crippen LogP contribution is -2.56. The Bertz CT molecular complexity index is 109. The van der Waals surface area contributed by atoms with Gasteiger partial charge >= 0.3 is 0 Å². The Kier molecular flexibility index (Phi) is 5.46. The molecule has 0 aliphatic carbocycles. The molecule has 0 rings (SSSR count). The van der Waals surface area contributed by atoms with Gasteiger partial charge in [-0.3, -0.25) is 10.2 Å². The highest BCUT2D eigenvalue weighted by atomic mass is 16.5. The van der Waals surface area contributed by atoms with Crippen molar-refractivity contribution in [3.63, 3.8) is 0 Å². The average molecular weight is 174 g/mol. The van der Waals surface area contributed by atoms with Crippen LogP contribution in [0.2, 0.25) is 0 Å². The molecule has 0 aromatic rings. The van der Waals surface area contributed by atoms with Crippen molar-refractivity contribution in [3.8, 4) is 0 Å². The highest BCUT2D eigenvalue weighted by molar-refractivity contribution is 4.72. The number of hydrogen-bond acceptors (Lipinski definition) is 3. The summed E-state index contributed by atoms with van der Waals surface area (Å²) >= 11 is 0. The first kappa shape index (κ1) is 11.9. The second-order valence-electron chi connectivity index (χ2n) is 3.11. The molecule has 0 amide bonds. The molecule has 0 saturated carbocycles. The lowest BCUT2D eigenvalue weighted by molar-refractivity contribution is -0.158. The van der Waals surface area contributed by atoms with Gasteiger partial charge in [-0.2, -0.15) is 0 Å². The number of nitrogens with one attached hydrogen (secondary N) is 1. The van der Waals surface area contributed by atoms with E-state index in [9.17, 15) is 0 Å². The highest BCUT2D eigenvalue weighted by Gasteiger charge is 2.29. The largest absolute Gasteiger partial charge is 0.347 e. The second-order valence-corrected chi connectivity index (χ2v) is 3.11. The third-order valence-corrected chi connectivity index (χ3v) is 2.09. The second kappa shape index (κ2) is 5.51. The molecule has 0 radical (unpaired) electrons. The predicted molar refractivity (Wildman–Crippen MR) is 52.0 cm³/mol. The van der Waals surface area contributed by atoms with Crippen LogP contribution in [0.15, 0.2) is 0 Å². The summed E-state index contributed by atoms with van der Waals surface area (Å²) in [7, 11) is 6.00. The molecule has 0 aromatic carbocycles. The van der Waals surface area contributed by atoms with E-state index >= 15 is 0 Å². The van der Waals surface area contributed by atoms with Gasteiger partial charge in [-0.1, -0.05) is 13.3 Å². The van der Waals surface area contributed by atoms with E-state index in [0.29, 0.717) is 0 Å². The summed E-state index contributed by atoms with van der Waals surface area (Å²) in [4.78, 5) is 2.08. The van der Waals surface area contributed by atoms with Gasteiger partial charge in [-0.05, 0) is 28.1 Å². The summed E-state index contributed by atoms with van der Waals surface area (Å²) in [6.07, 6.45) is 2.11. The molecule has 0 aromatic heterocycles. The van der Waals surface area contributed by atoms with Gasteiger partial charge in [-0.15, -0.1) is 0 Å². The van der Waals surface area contributed by atoms with Crippen LogP contribution >= 0.6 is 0 Å². The average Bonchev–Trinajstić information content (AvgIpc) is 2.03. The molecule has 1 atom stereocenters. The Labute approximate surface area is 76.1 Å². The fraction of sp³-hybridized carbons (Fsp3) is 1.00. The predicted octanol–water partition coefficient (Wildman–Crippen LogP) is 1.26. The van der Waals surface area contributed by atoms with Crippen molar-refractivity contribution in [3.05, 3.63) is 0 Å². The smallest absolute Gasteiger partial charge is 0.176 e. The van der Waals surface area contributed by atoms with E-state index in [0.717, 1.165) is 19.4 Å². The Hall–Kier alpha value is -0.120. The molecule has 0 heterocycles. The molecular weight excluding hydrogens is 152 g/mol. The van der Waals surface area contributed by atoms with E-state index < -0.39 is 0 Å². The summed E-state index contributed by atoms with van der Waals surface area (Å²) in [5.74, 6) is -0.274. The third-order valence-electron chi connectivity index (χ3n) is 2.09. The van der Waals surface area contributed by atoms with Crippen molar-refractivity contribution in [2.45, 2.75) is 32.5 Å². The Balaban J connectivity index is 4.28. The first-order valence-electron chi connectivity index (χ1n) is 4.63. The molecule has 0 spiro atoms. The molecule has 3 nitrogen and oxygen atoms in total. The molecule has 0 saturated heterocycles. The van der Waals surface area contributed by atoms with Crippen molar-refractivity contribution in [2.24, 2.45) is 0 Å². The first-order chi connectivity index (χ1) is 5.63. The summed E-state index contributed by atoms with van der Waals surface area (Å²) in [5, 5.41) is 3.22. The summed E-state index contributed by atoms with van der Waals surface area (Å²) in [6.45, 7) is 4.92. The highest BCUT2D eigenvalue weighted by Crippen LogP contribution is 2.16. The van der Waals surface area contributed by atoms with Gasteiger partial charge < -0.3 is 4.74 Å². The summed E-state index contributed by atoms with van der Waals surface area (Å²) in [5.41, 5.74) is 0. The van der Waals surface area contributed by atoms with Crippen molar-refractivity contribution in [1.82, 2.24) is 10.2 Å². The van der Waals surface area contributed by atoms with Crippen LogP contribution in [0, 0.1) is 0 Å². The molecule has 0 bridgehead atoms. The maximum absolute atomic E-state index is 5.70. The van der Waals surface area contributed by atoms with Gasteiger partial charge in [0, 0.05) is 13.0 Å². The van der Waals surface area contributed by atoms with Gasteiger partial charge in [0.05, 0.1) is 0 Å². The van der Waals surface area contributed by atoms with E-state index in [1.807, 2.05) is 28.1 Å².